The van der Waals surface area contributed by atoms with Crippen LogP contribution in [-0.2, 0) is 5.41 Å². The fourth-order valence-electron chi connectivity index (χ4n) is 4.61. The Hall–Kier alpha value is -2.66. The van der Waals surface area contributed by atoms with Crippen LogP contribution in [0.25, 0.3) is 0 Å². The Kier molecular flexibility index (Phi) is 5.65. The van der Waals surface area contributed by atoms with Crippen LogP contribution in [0, 0.1) is 12.7 Å². The van der Waals surface area contributed by atoms with E-state index in [1.165, 1.54) is 22.8 Å². The average Bonchev–Trinajstić information content (AvgIpc) is 3.03. The number of hydrogen-bond donors (Lipinski definition) is 1. The summed E-state index contributed by atoms with van der Waals surface area (Å²) in [4.78, 5) is 17.4. The average molecular weight is 408 g/mol. The molecule has 0 bridgehead atoms. The number of rotatable bonds is 3. The Labute approximate surface area is 178 Å². The second-order valence-electron chi connectivity index (χ2n) is 8.88. The number of benzene rings is 2. The van der Waals surface area contributed by atoms with Gasteiger partial charge in [0.1, 0.15) is 5.82 Å². The number of para-hydroxylation sites is 1. The quantitative estimate of drug-likeness (QED) is 0.683. The van der Waals surface area contributed by atoms with Gasteiger partial charge in [-0.25, -0.2) is 9.18 Å². The van der Waals surface area contributed by atoms with E-state index >= 15 is 0 Å². The van der Waals surface area contributed by atoms with Crippen molar-refractivity contribution in [3.05, 3.63) is 71.1 Å². The number of piperidine rings is 1. The molecule has 0 unspecified atom stereocenters. The molecule has 1 saturated heterocycles. The number of nitrogens with zero attached hydrogens (tertiary/aromatic N) is 2. The van der Waals surface area contributed by atoms with Crippen molar-refractivity contribution < 1.29 is 9.18 Å². The number of fused-ring (bicyclic) bond motifs is 2. The molecule has 0 aliphatic carbocycles. The smallest absolute Gasteiger partial charge is 0.305 e. The topological polar surface area (TPSA) is 35.6 Å². The van der Waals surface area contributed by atoms with Crippen molar-refractivity contribution in [3.63, 3.8) is 0 Å². The number of carbonyl (C=O) groups is 1. The maximum absolute atomic E-state index is 14.1. The summed E-state index contributed by atoms with van der Waals surface area (Å²) in [7, 11) is 0. The predicted octanol–water partition coefficient (Wildman–Crippen LogP) is 5.49. The van der Waals surface area contributed by atoms with E-state index in [0.717, 1.165) is 38.2 Å². The summed E-state index contributed by atoms with van der Waals surface area (Å²) in [6, 6.07) is 12.4. The van der Waals surface area contributed by atoms with E-state index in [1.54, 1.807) is 23.1 Å². The van der Waals surface area contributed by atoms with Gasteiger partial charge in [-0.2, -0.15) is 0 Å². The first-order valence-electron chi connectivity index (χ1n) is 10.7. The Balaban J connectivity index is 1.57. The van der Waals surface area contributed by atoms with Crippen molar-refractivity contribution in [2.45, 2.75) is 39.0 Å². The van der Waals surface area contributed by atoms with Crippen LogP contribution in [0.2, 0.25) is 0 Å². The van der Waals surface area contributed by atoms with E-state index in [9.17, 15) is 9.18 Å². The molecule has 5 heteroatoms. The molecule has 30 heavy (non-hydrogen) atoms. The third kappa shape index (κ3) is 3.99. The molecule has 0 atom stereocenters. The Morgan fingerprint density at radius 2 is 1.90 bits per heavy atom. The summed E-state index contributed by atoms with van der Waals surface area (Å²) >= 11 is 0. The lowest BCUT2D eigenvalue weighted by molar-refractivity contribution is 0.180. The molecule has 1 spiro atoms. The summed E-state index contributed by atoms with van der Waals surface area (Å²) in [5.74, 6) is -0.420. The van der Waals surface area contributed by atoms with Gasteiger partial charge in [0.2, 0.25) is 0 Å². The van der Waals surface area contributed by atoms with Gasteiger partial charge in [0.05, 0.1) is 5.69 Å². The number of nitrogens with one attached hydrogen (secondary N) is 1. The largest absolute Gasteiger partial charge is 0.326 e. The van der Waals surface area contributed by atoms with Crippen LogP contribution < -0.4 is 10.2 Å². The van der Waals surface area contributed by atoms with E-state index in [0.29, 0.717) is 6.54 Å². The standard InChI is InChI=1S/C25H30FN3O/c1-18(2)10-13-28-14-11-25(12-15-28)17-29(23-9-8-19(3)16-20(23)25)24(30)27-22-7-5-4-6-21(22)26/h4-10,16H,11-15,17H2,1-3H3,(H,27,30). The monoisotopic (exact) mass is 407 g/mol. The van der Waals surface area contributed by atoms with Crippen molar-refractivity contribution in [1.82, 2.24) is 4.90 Å². The van der Waals surface area contributed by atoms with Crippen molar-refractivity contribution in [1.29, 1.82) is 0 Å². The fraction of sp³-hybridized carbons (Fsp3) is 0.400. The first kappa shape index (κ1) is 20.6. The second kappa shape index (κ2) is 8.23. The Morgan fingerprint density at radius 1 is 1.17 bits per heavy atom. The van der Waals surface area contributed by atoms with E-state index in [2.05, 4.69) is 43.1 Å². The second-order valence-corrected chi connectivity index (χ2v) is 8.88. The van der Waals surface area contributed by atoms with Crippen LogP contribution >= 0.6 is 0 Å². The normalized spacial score (nSPS) is 17.7. The first-order valence-corrected chi connectivity index (χ1v) is 10.7. The van der Waals surface area contributed by atoms with Gasteiger partial charge >= 0.3 is 6.03 Å². The van der Waals surface area contributed by atoms with Gasteiger partial charge in [-0.1, -0.05) is 41.5 Å². The van der Waals surface area contributed by atoms with E-state index in [1.807, 2.05) is 12.1 Å². The summed E-state index contributed by atoms with van der Waals surface area (Å²) in [6.45, 7) is 10.0. The molecule has 2 aliphatic heterocycles. The molecule has 0 aromatic heterocycles. The summed E-state index contributed by atoms with van der Waals surface area (Å²) < 4.78 is 14.1. The van der Waals surface area contributed by atoms with E-state index in [-0.39, 0.29) is 17.1 Å². The number of urea groups is 1. The number of carbonyl (C=O) groups excluding carboxylic acids is 1. The number of anilines is 2. The molecule has 2 aromatic rings. The molecule has 158 valence electrons. The van der Waals surface area contributed by atoms with Crippen molar-refractivity contribution in [2.24, 2.45) is 0 Å². The van der Waals surface area contributed by atoms with Crippen molar-refractivity contribution in [2.75, 3.05) is 36.4 Å². The minimum Gasteiger partial charge on any atom is -0.305 e. The number of halogens is 1. The molecular formula is C25H30FN3O. The van der Waals surface area contributed by atoms with E-state index in [4.69, 9.17) is 0 Å². The van der Waals surface area contributed by atoms with Gasteiger partial charge < -0.3 is 5.32 Å². The highest BCUT2D eigenvalue weighted by Gasteiger charge is 2.46. The lowest BCUT2D eigenvalue weighted by atomic mass is 9.74. The lowest BCUT2D eigenvalue weighted by Gasteiger charge is -2.39. The molecule has 4 nitrogen and oxygen atoms in total. The van der Waals surface area contributed by atoms with Crippen LogP contribution in [0.3, 0.4) is 0 Å². The molecule has 4 rings (SSSR count). The highest BCUT2D eigenvalue weighted by Crippen LogP contribution is 2.47. The predicted molar refractivity (Wildman–Crippen MR) is 121 cm³/mol. The summed E-state index contributed by atoms with van der Waals surface area (Å²) in [5, 5.41) is 2.76. The Morgan fingerprint density at radius 3 is 2.60 bits per heavy atom. The molecule has 1 fully saturated rings. The van der Waals surface area contributed by atoms with Gasteiger partial charge in [0.15, 0.2) is 0 Å². The number of aryl methyl sites for hydroxylation is 1. The maximum Gasteiger partial charge on any atom is 0.326 e. The number of likely N-dealkylation sites (tertiary alicyclic amines) is 1. The molecule has 0 radical (unpaired) electrons. The summed E-state index contributed by atoms with van der Waals surface area (Å²) in [5.41, 5.74) is 4.94. The zero-order chi connectivity index (χ0) is 21.3. The van der Waals surface area contributed by atoms with Gasteiger partial charge in [-0.15, -0.1) is 0 Å². The van der Waals surface area contributed by atoms with Crippen LogP contribution in [0.1, 0.15) is 37.8 Å². The van der Waals surface area contributed by atoms with Crippen LogP contribution in [0.4, 0.5) is 20.6 Å². The van der Waals surface area contributed by atoms with Crippen molar-refractivity contribution in [3.8, 4) is 0 Å². The SMILES string of the molecule is CC(C)=CCN1CCC2(CC1)CN(C(=O)Nc1ccccc1F)c1ccc(C)cc12. The number of amides is 2. The maximum atomic E-state index is 14.1. The highest BCUT2D eigenvalue weighted by atomic mass is 19.1. The minimum absolute atomic E-state index is 0.0323. The number of allylic oxidation sites excluding steroid dienone is 1. The molecule has 2 aliphatic rings. The molecule has 1 N–H and O–H groups in total. The highest BCUT2D eigenvalue weighted by molar-refractivity contribution is 6.03. The van der Waals surface area contributed by atoms with Crippen molar-refractivity contribution >= 4 is 17.4 Å². The Bertz CT molecular complexity index is 972. The first-order chi connectivity index (χ1) is 14.4. The zero-order valence-corrected chi connectivity index (χ0v) is 18.0. The van der Waals surface area contributed by atoms with E-state index < -0.39 is 5.82 Å². The van der Waals surface area contributed by atoms with Crippen LogP contribution in [0.5, 0.6) is 0 Å². The molecule has 2 heterocycles. The molecule has 2 amide bonds. The van der Waals surface area contributed by atoms with Crippen LogP contribution in [-0.4, -0.2) is 37.1 Å². The van der Waals surface area contributed by atoms with Gasteiger partial charge in [-0.05, 0) is 70.5 Å². The van der Waals surface area contributed by atoms with Gasteiger partial charge in [0.25, 0.3) is 0 Å². The third-order valence-electron chi connectivity index (χ3n) is 6.41. The molecule has 0 saturated carbocycles. The van der Waals surface area contributed by atoms with Gasteiger partial charge in [0, 0.05) is 24.2 Å². The summed E-state index contributed by atoms with van der Waals surface area (Å²) in [6.07, 6.45) is 4.31. The zero-order valence-electron chi connectivity index (χ0n) is 18.0. The minimum atomic E-state index is -0.420. The molecular weight excluding hydrogens is 377 g/mol. The lowest BCUT2D eigenvalue weighted by Crippen LogP contribution is -2.46. The fourth-order valence-corrected chi connectivity index (χ4v) is 4.61. The molecule has 2 aromatic carbocycles. The van der Waals surface area contributed by atoms with Crippen LogP contribution in [0.15, 0.2) is 54.1 Å². The number of hydrogen-bond acceptors (Lipinski definition) is 2. The van der Waals surface area contributed by atoms with Gasteiger partial charge in [-0.3, -0.25) is 9.80 Å². The third-order valence-corrected chi connectivity index (χ3v) is 6.41.